The Morgan fingerprint density at radius 2 is 1.58 bits per heavy atom. The summed E-state index contributed by atoms with van der Waals surface area (Å²) in [5.74, 6) is 0.163. The van der Waals surface area contributed by atoms with Gasteiger partial charge in [0, 0.05) is 12.6 Å². The Balaban J connectivity index is 1.51. The maximum Gasteiger partial charge on any atom is 0.258 e. The summed E-state index contributed by atoms with van der Waals surface area (Å²) in [5, 5.41) is 2.79. The zero-order chi connectivity index (χ0) is 22.3. The number of hydrogen-bond donors (Lipinski definition) is 2. The second kappa shape index (κ2) is 10.2. The smallest absolute Gasteiger partial charge is 0.258 e. The van der Waals surface area contributed by atoms with Crippen LogP contribution in [0, 0.1) is 6.92 Å². The number of amides is 1. The monoisotopic (exact) mass is 438 g/mol. The molecule has 7 heteroatoms. The Hall–Kier alpha value is -3.16. The number of aryl methyl sites for hydroxylation is 1. The first-order valence-electron chi connectivity index (χ1n) is 9.96. The molecule has 6 nitrogen and oxygen atoms in total. The van der Waals surface area contributed by atoms with Crippen LogP contribution in [0.15, 0.2) is 83.8 Å². The average Bonchev–Trinajstić information content (AvgIpc) is 2.78. The van der Waals surface area contributed by atoms with Crippen LogP contribution in [0.3, 0.4) is 0 Å². The molecule has 0 fully saturated rings. The van der Waals surface area contributed by atoms with E-state index in [9.17, 15) is 13.2 Å². The lowest BCUT2D eigenvalue weighted by atomic mass is 10.1. The minimum Gasteiger partial charge on any atom is -0.484 e. The summed E-state index contributed by atoms with van der Waals surface area (Å²) in [6.45, 7) is 4.07. The minimum absolute atomic E-state index is 0.131. The normalized spacial score (nSPS) is 12.2. The molecule has 0 aliphatic rings. The predicted octanol–water partition coefficient (Wildman–Crippen LogP) is 3.73. The van der Waals surface area contributed by atoms with Gasteiger partial charge in [-0.3, -0.25) is 4.79 Å². The molecule has 162 valence electrons. The number of rotatable bonds is 9. The summed E-state index contributed by atoms with van der Waals surface area (Å²) in [6, 6.07) is 22.9. The lowest BCUT2D eigenvalue weighted by Crippen LogP contribution is -2.28. The third kappa shape index (κ3) is 6.67. The van der Waals surface area contributed by atoms with Crippen molar-refractivity contribution in [2.24, 2.45) is 0 Å². The molecule has 0 spiro atoms. The molecule has 3 aromatic rings. The van der Waals surface area contributed by atoms with Crippen LogP contribution in [0.2, 0.25) is 0 Å². The van der Waals surface area contributed by atoms with Crippen LogP contribution < -0.4 is 14.8 Å². The van der Waals surface area contributed by atoms with Crippen molar-refractivity contribution in [2.45, 2.75) is 31.3 Å². The summed E-state index contributed by atoms with van der Waals surface area (Å²) in [7, 11) is -3.68. The van der Waals surface area contributed by atoms with E-state index in [1.54, 1.807) is 6.92 Å². The van der Waals surface area contributed by atoms with Crippen LogP contribution in [-0.4, -0.2) is 20.9 Å². The fraction of sp³-hybridized carbons (Fsp3) is 0.208. The Bertz CT molecular complexity index is 1100. The Kier molecular flexibility index (Phi) is 7.44. The van der Waals surface area contributed by atoms with E-state index in [0.717, 1.165) is 16.7 Å². The van der Waals surface area contributed by atoms with Crippen LogP contribution >= 0.6 is 0 Å². The quantitative estimate of drug-likeness (QED) is 0.533. The molecule has 0 saturated heterocycles. The molecule has 0 radical (unpaired) electrons. The Labute approximate surface area is 183 Å². The molecule has 3 rings (SSSR count). The van der Waals surface area contributed by atoms with Gasteiger partial charge in [0.2, 0.25) is 10.0 Å². The zero-order valence-electron chi connectivity index (χ0n) is 17.5. The maximum absolute atomic E-state index is 12.6. The van der Waals surface area contributed by atoms with Crippen molar-refractivity contribution in [1.29, 1.82) is 0 Å². The summed E-state index contributed by atoms with van der Waals surface area (Å²) in [6.07, 6.45) is 0. The van der Waals surface area contributed by atoms with Gasteiger partial charge in [0.15, 0.2) is 6.61 Å². The first-order valence-corrected chi connectivity index (χ1v) is 11.4. The molecule has 0 aromatic heterocycles. The predicted molar refractivity (Wildman–Crippen MR) is 120 cm³/mol. The number of benzene rings is 3. The topological polar surface area (TPSA) is 84.5 Å². The summed E-state index contributed by atoms with van der Waals surface area (Å²) in [4.78, 5) is 12.1. The SMILES string of the molecule is Cc1ccc(CNC(=O)COc2ccc(S(=O)(=O)N[C@H](C)c3ccccc3)cc2)cc1. The van der Waals surface area contributed by atoms with Gasteiger partial charge in [0.05, 0.1) is 4.90 Å². The van der Waals surface area contributed by atoms with E-state index in [1.165, 1.54) is 24.3 Å². The third-order valence-electron chi connectivity index (χ3n) is 4.75. The van der Waals surface area contributed by atoms with Crippen LogP contribution in [0.25, 0.3) is 0 Å². The van der Waals surface area contributed by atoms with Gasteiger partial charge in [0.25, 0.3) is 5.91 Å². The molecule has 0 aliphatic carbocycles. The van der Waals surface area contributed by atoms with Gasteiger partial charge in [-0.2, -0.15) is 0 Å². The lowest BCUT2D eigenvalue weighted by Gasteiger charge is -2.15. The number of sulfonamides is 1. The Morgan fingerprint density at radius 1 is 0.935 bits per heavy atom. The van der Waals surface area contributed by atoms with E-state index in [1.807, 2.05) is 61.5 Å². The molecule has 1 atom stereocenters. The molecule has 0 saturated carbocycles. The molecular weight excluding hydrogens is 412 g/mol. The molecule has 1 amide bonds. The van der Waals surface area contributed by atoms with E-state index in [4.69, 9.17) is 4.74 Å². The van der Waals surface area contributed by atoms with Crippen molar-refractivity contribution in [1.82, 2.24) is 10.0 Å². The van der Waals surface area contributed by atoms with Crippen molar-refractivity contribution < 1.29 is 17.9 Å². The second-order valence-corrected chi connectivity index (χ2v) is 8.99. The van der Waals surface area contributed by atoms with E-state index in [0.29, 0.717) is 12.3 Å². The van der Waals surface area contributed by atoms with Crippen LogP contribution in [0.5, 0.6) is 5.75 Å². The fourth-order valence-electron chi connectivity index (χ4n) is 2.93. The second-order valence-electron chi connectivity index (χ2n) is 7.28. The van der Waals surface area contributed by atoms with Crippen molar-refractivity contribution in [3.8, 4) is 5.75 Å². The van der Waals surface area contributed by atoms with E-state index in [-0.39, 0.29) is 23.5 Å². The number of ether oxygens (including phenoxy) is 1. The fourth-order valence-corrected chi connectivity index (χ4v) is 4.16. The summed E-state index contributed by atoms with van der Waals surface area (Å²) >= 11 is 0. The van der Waals surface area contributed by atoms with Crippen molar-refractivity contribution in [3.63, 3.8) is 0 Å². The molecular formula is C24H26N2O4S. The highest BCUT2D eigenvalue weighted by atomic mass is 32.2. The van der Waals surface area contributed by atoms with Crippen LogP contribution in [-0.2, 0) is 21.4 Å². The molecule has 3 aromatic carbocycles. The highest BCUT2D eigenvalue weighted by Crippen LogP contribution is 2.19. The van der Waals surface area contributed by atoms with Crippen molar-refractivity contribution in [2.75, 3.05) is 6.61 Å². The standard InChI is InChI=1S/C24H26N2O4S/c1-18-8-10-20(11-9-18)16-25-24(27)17-30-22-12-14-23(15-13-22)31(28,29)26-19(2)21-6-4-3-5-7-21/h3-15,19,26H,16-17H2,1-2H3,(H,25,27)/t19-/m1/s1. The summed E-state index contributed by atoms with van der Waals surface area (Å²) < 4.78 is 33.4. The lowest BCUT2D eigenvalue weighted by molar-refractivity contribution is -0.123. The van der Waals surface area contributed by atoms with Crippen molar-refractivity contribution in [3.05, 3.63) is 95.6 Å². The molecule has 31 heavy (non-hydrogen) atoms. The number of carbonyl (C=O) groups is 1. The molecule has 0 aliphatic heterocycles. The number of carbonyl (C=O) groups excluding carboxylic acids is 1. The summed E-state index contributed by atoms with van der Waals surface area (Å²) in [5.41, 5.74) is 3.04. The van der Waals surface area contributed by atoms with Crippen molar-refractivity contribution >= 4 is 15.9 Å². The highest BCUT2D eigenvalue weighted by molar-refractivity contribution is 7.89. The van der Waals surface area contributed by atoms with E-state index >= 15 is 0 Å². The number of nitrogens with one attached hydrogen (secondary N) is 2. The van der Waals surface area contributed by atoms with E-state index < -0.39 is 10.0 Å². The highest BCUT2D eigenvalue weighted by Gasteiger charge is 2.18. The van der Waals surface area contributed by atoms with Gasteiger partial charge >= 0.3 is 0 Å². The Morgan fingerprint density at radius 3 is 2.23 bits per heavy atom. The first kappa shape index (κ1) is 22.5. The van der Waals surface area contributed by atoms with Gasteiger partial charge in [0.1, 0.15) is 5.75 Å². The minimum atomic E-state index is -3.68. The van der Waals surface area contributed by atoms with Gasteiger partial charge in [-0.15, -0.1) is 0 Å². The molecule has 0 heterocycles. The van der Waals surface area contributed by atoms with Gasteiger partial charge in [-0.05, 0) is 49.2 Å². The zero-order valence-corrected chi connectivity index (χ0v) is 18.4. The maximum atomic E-state index is 12.6. The largest absolute Gasteiger partial charge is 0.484 e. The van der Waals surface area contributed by atoms with E-state index in [2.05, 4.69) is 10.0 Å². The average molecular weight is 439 g/mol. The third-order valence-corrected chi connectivity index (χ3v) is 6.30. The molecule has 0 unspecified atom stereocenters. The molecule has 0 bridgehead atoms. The number of hydrogen-bond acceptors (Lipinski definition) is 4. The van der Waals surface area contributed by atoms with Gasteiger partial charge in [-0.25, -0.2) is 13.1 Å². The first-order chi connectivity index (χ1) is 14.8. The van der Waals surface area contributed by atoms with Crippen LogP contribution in [0.1, 0.15) is 29.7 Å². The van der Waals surface area contributed by atoms with Gasteiger partial charge in [-0.1, -0.05) is 60.2 Å². The molecule has 2 N–H and O–H groups in total. The van der Waals surface area contributed by atoms with Crippen LogP contribution in [0.4, 0.5) is 0 Å². The van der Waals surface area contributed by atoms with Gasteiger partial charge < -0.3 is 10.1 Å².